The van der Waals surface area contributed by atoms with Crippen LogP contribution >= 0.6 is 0 Å². The Bertz CT molecular complexity index is 691. The van der Waals surface area contributed by atoms with Gasteiger partial charge in [-0.15, -0.1) is 0 Å². The Morgan fingerprint density at radius 3 is 2.67 bits per heavy atom. The molecule has 0 spiro atoms. The molecule has 0 aromatic carbocycles. The minimum atomic E-state index is -3.65. The minimum Gasteiger partial charge on any atom is -0.465 e. The molecule has 0 aliphatic carbocycles. The van der Waals surface area contributed by atoms with Crippen molar-refractivity contribution in [1.82, 2.24) is 20.2 Å². The van der Waals surface area contributed by atoms with Crippen molar-refractivity contribution < 1.29 is 17.4 Å². The van der Waals surface area contributed by atoms with E-state index in [0.29, 0.717) is 35.9 Å². The fourth-order valence-corrected chi connectivity index (χ4v) is 3.59. The number of hydrogen-bond acceptors (Lipinski definition) is 7. The lowest BCUT2D eigenvalue weighted by molar-refractivity contribution is 0.409. The van der Waals surface area contributed by atoms with Crippen molar-refractivity contribution in [2.24, 2.45) is 0 Å². The van der Waals surface area contributed by atoms with Gasteiger partial charge in [-0.05, 0) is 20.9 Å². The Morgan fingerprint density at radius 2 is 2.05 bits per heavy atom. The van der Waals surface area contributed by atoms with E-state index in [1.807, 2.05) is 0 Å². The predicted molar refractivity (Wildman–Crippen MR) is 74.1 cm³/mol. The third-order valence-corrected chi connectivity index (χ3v) is 4.65. The number of nitrogens with zero attached hydrogens (tertiary/aromatic N) is 2. The average Bonchev–Trinajstić information content (AvgIpc) is 2.99. The smallest absolute Gasteiger partial charge is 0.244 e. The van der Waals surface area contributed by atoms with Crippen LogP contribution in [0.25, 0.3) is 0 Å². The number of sulfonamides is 1. The molecule has 0 atom stereocenters. The zero-order valence-corrected chi connectivity index (χ0v) is 13.0. The zero-order valence-electron chi connectivity index (χ0n) is 12.1. The Morgan fingerprint density at radius 1 is 1.29 bits per heavy atom. The standard InChI is InChI=1S/C12H18N4O4S/c1-8-10(6-13-3)12(9(2)20-8)21(17,18)15-5-4-11-14-7-19-16-11/h7,13,15H,4-6H2,1-3H3. The van der Waals surface area contributed by atoms with Crippen LogP contribution < -0.4 is 10.0 Å². The highest BCUT2D eigenvalue weighted by Crippen LogP contribution is 2.26. The van der Waals surface area contributed by atoms with Gasteiger partial charge in [0.25, 0.3) is 0 Å². The lowest BCUT2D eigenvalue weighted by atomic mass is 10.2. The Labute approximate surface area is 123 Å². The summed E-state index contributed by atoms with van der Waals surface area (Å²) in [6, 6.07) is 0. The molecule has 2 N–H and O–H groups in total. The van der Waals surface area contributed by atoms with Gasteiger partial charge in [0.1, 0.15) is 16.4 Å². The molecule has 0 saturated heterocycles. The molecule has 2 aromatic rings. The van der Waals surface area contributed by atoms with Crippen molar-refractivity contribution >= 4 is 10.0 Å². The van der Waals surface area contributed by atoms with Gasteiger partial charge in [-0.3, -0.25) is 0 Å². The monoisotopic (exact) mass is 314 g/mol. The molecule has 0 bridgehead atoms. The van der Waals surface area contributed by atoms with Crippen LogP contribution in [-0.2, 0) is 23.0 Å². The molecule has 9 heteroatoms. The molecule has 0 radical (unpaired) electrons. The predicted octanol–water partition coefficient (Wildman–Crippen LogP) is 0.520. The van der Waals surface area contributed by atoms with E-state index in [1.165, 1.54) is 6.39 Å². The van der Waals surface area contributed by atoms with Crippen LogP contribution in [0.2, 0.25) is 0 Å². The van der Waals surface area contributed by atoms with Crippen LogP contribution in [0.3, 0.4) is 0 Å². The normalized spacial score (nSPS) is 12.0. The first-order chi connectivity index (χ1) is 9.95. The van der Waals surface area contributed by atoms with E-state index in [2.05, 4.69) is 24.7 Å². The van der Waals surface area contributed by atoms with Crippen molar-refractivity contribution in [3.05, 3.63) is 29.3 Å². The molecule has 2 aromatic heterocycles. The molecular formula is C12H18N4O4S. The molecular weight excluding hydrogens is 296 g/mol. The van der Waals surface area contributed by atoms with Gasteiger partial charge in [0.2, 0.25) is 16.4 Å². The van der Waals surface area contributed by atoms with E-state index < -0.39 is 10.0 Å². The molecule has 0 unspecified atom stereocenters. The van der Waals surface area contributed by atoms with Crippen LogP contribution in [0.5, 0.6) is 0 Å². The van der Waals surface area contributed by atoms with E-state index in [-0.39, 0.29) is 11.4 Å². The topological polar surface area (TPSA) is 110 Å². The lowest BCUT2D eigenvalue weighted by Crippen LogP contribution is -2.27. The summed E-state index contributed by atoms with van der Waals surface area (Å²) in [5.41, 5.74) is 0.641. The second-order valence-electron chi connectivity index (χ2n) is 4.55. The fraction of sp³-hybridized carbons (Fsp3) is 0.500. The maximum Gasteiger partial charge on any atom is 0.244 e. The summed E-state index contributed by atoms with van der Waals surface area (Å²) >= 11 is 0. The van der Waals surface area contributed by atoms with Crippen LogP contribution in [0, 0.1) is 13.8 Å². The van der Waals surface area contributed by atoms with Crippen molar-refractivity contribution in [2.45, 2.75) is 31.7 Å². The number of aryl methyl sites for hydroxylation is 2. The van der Waals surface area contributed by atoms with Crippen LogP contribution in [0.15, 0.2) is 20.2 Å². The Hall–Kier alpha value is -1.71. The van der Waals surface area contributed by atoms with E-state index in [9.17, 15) is 8.42 Å². The SMILES string of the molecule is CNCc1c(C)oc(C)c1S(=O)(=O)NCCc1ncon1. The van der Waals surface area contributed by atoms with E-state index >= 15 is 0 Å². The summed E-state index contributed by atoms with van der Waals surface area (Å²) in [5.74, 6) is 1.43. The van der Waals surface area contributed by atoms with Gasteiger partial charge in [-0.1, -0.05) is 5.16 Å². The second-order valence-corrected chi connectivity index (χ2v) is 6.25. The molecule has 116 valence electrons. The van der Waals surface area contributed by atoms with E-state index in [0.717, 1.165) is 0 Å². The number of hydrogen-bond donors (Lipinski definition) is 2. The van der Waals surface area contributed by atoms with Gasteiger partial charge in [0, 0.05) is 25.1 Å². The number of rotatable bonds is 7. The molecule has 0 aliphatic heterocycles. The Balaban J connectivity index is 2.15. The fourth-order valence-electron chi connectivity index (χ4n) is 2.11. The average molecular weight is 314 g/mol. The highest BCUT2D eigenvalue weighted by molar-refractivity contribution is 7.89. The zero-order chi connectivity index (χ0) is 15.5. The highest BCUT2D eigenvalue weighted by atomic mass is 32.2. The quantitative estimate of drug-likeness (QED) is 0.766. The number of aromatic nitrogens is 2. The summed E-state index contributed by atoms with van der Waals surface area (Å²) in [6.07, 6.45) is 1.56. The van der Waals surface area contributed by atoms with Crippen molar-refractivity contribution in [2.75, 3.05) is 13.6 Å². The first-order valence-corrected chi connectivity index (χ1v) is 7.92. The maximum atomic E-state index is 12.4. The minimum absolute atomic E-state index is 0.185. The first-order valence-electron chi connectivity index (χ1n) is 6.44. The highest BCUT2D eigenvalue weighted by Gasteiger charge is 2.26. The third-order valence-electron chi connectivity index (χ3n) is 2.99. The van der Waals surface area contributed by atoms with Gasteiger partial charge >= 0.3 is 0 Å². The molecule has 0 fully saturated rings. The van der Waals surface area contributed by atoms with Crippen LogP contribution in [0.1, 0.15) is 22.9 Å². The summed E-state index contributed by atoms with van der Waals surface area (Å²) in [6.45, 7) is 3.99. The molecule has 8 nitrogen and oxygen atoms in total. The summed E-state index contributed by atoms with van der Waals surface area (Å²) < 4.78 is 37.4. The Kier molecular flexibility index (Phi) is 4.76. The summed E-state index contributed by atoms with van der Waals surface area (Å²) in [7, 11) is -1.89. The third kappa shape index (κ3) is 3.49. The van der Waals surface area contributed by atoms with Gasteiger partial charge in [0.05, 0.1) is 0 Å². The number of nitrogens with one attached hydrogen (secondary N) is 2. The molecule has 0 aliphatic rings. The maximum absolute atomic E-state index is 12.4. The van der Waals surface area contributed by atoms with Crippen molar-refractivity contribution in [3.8, 4) is 0 Å². The molecule has 21 heavy (non-hydrogen) atoms. The summed E-state index contributed by atoms with van der Waals surface area (Å²) in [4.78, 5) is 4.03. The van der Waals surface area contributed by atoms with Crippen molar-refractivity contribution in [1.29, 1.82) is 0 Å². The second kappa shape index (κ2) is 6.37. The van der Waals surface area contributed by atoms with Gasteiger partial charge < -0.3 is 14.3 Å². The van der Waals surface area contributed by atoms with Gasteiger partial charge in [0.15, 0.2) is 5.82 Å². The lowest BCUT2D eigenvalue weighted by Gasteiger charge is -2.07. The largest absolute Gasteiger partial charge is 0.465 e. The molecule has 2 rings (SSSR count). The van der Waals surface area contributed by atoms with E-state index in [1.54, 1.807) is 20.9 Å². The van der Waals surface area contributed by atoms with Gasteiger partial charge in [-0.25, -0.2) is 13.1 Å². The van der Waals surface area contributed by atoms with E-state index in [4.69, 9.17) is 4.42 Å². The van der Waals surface area contributed by atoms with Crippen LogP contribution in [0.4, 0.5) is 0 Å². The first kappa shape index (κ1) is 15.7. The van der Waals surface area contributed by atoms with Gasteiger partial charge in [-0.2, -0.15) is 4.98 Å². The van der Waals surface area contributed by atoms with Crippen molar-refractivity contribution in [3.63, 3.8) is 0 Å². The molecule has 2 heterocycles. The molecule has 0 saturated carbocycles. The summed E-state index contributed by atoms with van der Waals surface area (Å²) in [5, 5.41) is 6.57. The molecule has 0 amide bonds. The number of furan rings is 1. The van der Waals surface area contributed by atoms with Crippen LogP contribution in [-0.4, -0.2) is 32.2 Å².